The number of benzene rings is 1. The van der Waals surface area contributed by atoms with Gasteiger partial charge in [0.2, 0.25) is 0 Å². The van der Waals surface area contributed by atoms with Crippen LogP contribution in [0, 0.1) is 13.8 Å². The number of aromatic amines is 1. The number of carbonyl (C=O) groups excluding carboxylic acids is 1. The molecule has 0 spiro atoms. The van der Waals surface area contributed by atoms with E-state index in [1.54, 1.807) is 10.7 Å². The maximum atomic E-state index is 13.6. The number of fused-ring (bicyclic) bond motifs is 2. The Labute approximate surface area is 213 Å². The topological polar surface area (TPSA) is 71.9 Å². The molecule has 1 fully saturated rings. The molecule has 0 unspecified atom stereocenters. The quantitative estimate of drug-likeness (QED) is 0.317. The van der Waals surface area contributed by atoms with Gasteiger partial charge in [-0.1, -0.05) is 20.8 Å². The second kappa shape index (κ2) is 8.49. The number of aryl methyl sites for hydroxylation is 2. The van der Waals surface area contributed by atoms with Crippen LogP contribution >= 0.6 is 0 Å². The molecule has 1 amide bonds. The first-order valence-corrected chi connectivity index (χ1v) is 15.5. The van der Waals surface area contributed by atoms with Crippen LogP contribution in [0.25, 0.3) is 16.4 Å². The van der Waals surface area contributed by atoms with Crippen molar-refractivity contribution in [1.82, 2.24) is 19.5 Å². The number of nitrogens with zero attached hydrogens (tertiary/aromatic N) is 3. The highest BCUT2D eigenvalue weighted by Crippen LogP contribution is 2.40. The van der Waals surface area contributed by atoms with E-state index in [4.69, 9.17) is 9.16 Å². The van der Waals surface area contributed by atoms with Gasteiger partial charge in [0.1, 0.15) is 11.3 Å². The van der Waals surface area contributed by atoms with Crippen LogP contribution < -0.4 is 4.74 Å². The summed E-state index contributed by atoms with van der Waals surface area (Å²) < 4.78 is 14.6. The lowest BCUT2D eigenvalue weighted by molar-refractivity contribution is -0.0285. The molecule has 7 nitrogen and oxygen atoms in total. The van der Waals surface area contributed by atoms with Gasteiger partial charge in [0.05, 0.1) is 23.9 Å². The van der Waals surface area contributed by atoms with Gasteiger partial charge in [0.15, 0.2) is 14.1 Å². The zero-order valence-corrected chi connectivity index (χ0v) is 23.5. The van der Waals surface area contributed by atoms with E-state index in [2.05, 4.69) is 56.9 Å². The summed E-state index contributed by atoms with van der Waals surface area (Å²) in [7, 11) is -1.89. The van der Waals surface area contributed by atoms with E-state index in [0.29, 0.717) is 17.9 Å². The summed E-state index contributed by atoms with van der Waals surface area (Å²) in [6, 6.07) is 9.96. The maximum absolute atomic E-state index is 13.6. The molecule has 1 aromatic carbocycles. The summed E-state index contributed by atoms with van der Waals surface area (Å²) in [6.07, 6.45) is 3.59. The highest BCUT2D eigenvalue weighted by molar-refractivity contribution is 6.74. The molecule has 36 heavy (non-hydrogen) atoms. The van der Waals surface area contributed by atoms with E-state index in [0.717, 1.165) is 33.4 Å². The number of hydrogen-bond donors (Lipinski definition) is 1. The summed E-state index contributed by atoms with van der Waals surface area (Å²) in [5.74, 6) is 1.42. The molecule has 1 N–H and O–H groups in total. The van der Waals surface area contributed by atoms with Gasteiger partial charge < -0.3 is 19.0 Å². The first kappa shape index (κ1) is 24.6. The van der Waals surface area contributed by atoms with Crippen molar-refractivity contribution in [1.29, 1.82) is 0 Å². The van der Waals surface area contributed by atoms with Gasteiger partial charge in [-0.3, -0.25) is 4.79 Å². The van der Waals surface area contributed by atoms with Crippen LogP contribution in [0.2, 0.25) is 18.1 Å². The number of rotatable bonds is 5. The fourth-order valence-corrected chi connectivity index (χ4v) is 6.04. The summed E-state index contributed by atoms with van der Waals surface area (Å²) in [4.78, 5) is 18.8. The smallest absolute Gasteiger partial charge is 0.256 e. The number of likely N-dealkylation sites (tertiary alicyclic amines) is 1. The van der Waals surface area contributed by atoms with Crippen molar-refractivity contribution < 1.29 is 14.0 Å². The first-order chi connectivity index (χ1) is 16.9. The van der Waals surface area contributed by atoms with Crippen molar-refractivity contribution in [3.8, 4) is 11.5 Å². The van der Waals surface area contributed by atoms with Gasteiger partial charge in [-0.05, 0) is 68.7 Å². The largest absolute Gasteiger partial charge is 0.455 e. The van der Waals surface area contributed by atoms with Crippen molar-refractivity contribution in [2.24, 2.45) is 0 Å². The molecule has 0 radical (unpaired) electrons. The maximum Gasteiger partial charge on any atom is 0.256 e. The second-order valence-corrected chi connectivity index (χ2v) is 16.3. The predicted octanol–water partition coefficient (Wildman–Crippen LogP) is 6.46. The third-order valence-corrected chi connectivity index (χ3v) is 12.5. The summed E-state index contributed by atoms with van der Waals surface area (Å²) in [6.45, 7) is 17.9. The molecule has 1 aliphatic rings. The summed E-state index contributed by atoms with van der Waals surface area (Å²) in [5, 5.41) is 5.69. The fourth-order valence-electron chi connectivity index (χ4n) is 4.66. The second-order valence-electron chi connectivity index (χ2n) is 11.6. The molecule has 5 rings (SSSR count). The SMILES string of the molecule is Cc1cc2cc(Oc3ccnn4cc(C(=O)N5C[C@@H](O[Si](C)(C)C(C)(C)C)[C@H]5C)c(C)c34)ccc2[nH]1. The summed E-state index contributed by atoms with van der Waals surface area (Å²) >= 11 is 0. The third-order valence-electron chi connectivity index (χ3n) is 7.99. The molecule has 0 bridgehead atoms. The number of hydrogen-bond acceptors (Lipinski definition) is 4. The molecule has 2 atom stereocenters. The Bertz CT molecular complexity index is 1460. The lowest BCUT2D eigenvalue weighted by Crippen LogP contribution is -2.64. The Morgan fingerprint density at radius 2 is 1.92 bits per heavy atom. The van der Waals surface area contributed by atoms with Crippen LogP contribution in [0.1, 0.15) is 49.3 Å². The van der Waals surface area contributed by atoms with Gasteiger partial charge in [-0.25, -0.2) is 4.52 Å². The zero-order chi connectivity index (χ0) is 26.0. The molecule has 0 aliphatic carbocycles. The monoisotopic (exact) mass is 504 g/mol. The molecule has 4 aromatic rings. The number of H-pyrrole nitrogens is 1. The standard InChI is InChI=1S/C28H36N4O3Si/c1-17-13-20-14-21(9-10-23(20)30-17)34-24-11-12-29-32-15-22(18(2)26(24)32)27(33)31-16-25(19(31)3)35-36(7,8)28(4,5)6/h9-15,19,25,30H,16H2,1-8H3/t19-,25-/m1/s1. The van der Waals surface area contributed by atoms with Crippen molar-refractivity contribution in [3.05, 3.63) is 59.5 Å². The minimum Gasteiger partial charge on any atom is -0.455 e. The van der Waals surface area contributed by atoms with Gasteiger partial charge in [-0.15, -0.1) is 0 Å². The Morgan fingerprint density at radius 3 is 2.61 bits per heavy atom. The predicted molar refractivity (Wildman–Crippen MR) is 146 cm³/mol. The number of carbonyl (C=O) groups is 1. The molecule has 1 saturated heterocycles. The number of aromatic nitrogens is 3. The van der Waals surface area contributed by atoms with E-state index >= 15 is 0 Å². The van der Waals surface area contributed by atoms with E-state index in [1.807, 2.05) is 49.2 Å². The fraction of sp³-hybridized carbons (Fsp3) is 0.429. The van der Waals surface area contributed by atoms with E-state index in [9.17, 15) is 4.79 Å². The Kier molecular flexibility index (Phi) is 5.80. The van der Waals surface area contributed by atoms with Gasteiger partial charge >= 0.3 is 0 Å². The molecule has 4 heterocycles. The Hall–Kier alpha value is -3.10. The highest BCUT2D eigenvalue weighted by Gasteiger charge is 2.47. The Morgan fingerprint density at radius 1 is 1.17 bits per heavy atom. The van der Waals surface area contributed by atoms with Crippen LogP contribution in [-0.4, -0.2) is 52.4 Å². The van der Waals surface area contributed by atoms with Crippen LogP contribution in [0.15, 0.2) is 42.7 Å². The number of amides is 1. The average molecular weight is 505 g/mol. The van der Waals surface area contributed by atoms with Gasteiger partial charge in [-0.2, -0.15) is 5.10 Å². The molecule has 1 aliphatic heterocycles. The van der Waals surface area contributed by atoms with Crippen LogP contribution in [-0.2, 0) is 4.43 Å². The minimum absolute atomic E-state index is 0.00995. The lowest BCUT2D eigenvalue weighted by atomic mass is 9.99. The minimum atomic E-state index is -1.89. The first-order valence-electron chi connectivity index (χ1n) is 12.6. The Balaban J connectivity index is 1.38. The van der Waals surface area contributed by atoms with E-state index in [1.165, 1.54) is 0 Å². The molecular formula is C28H36N4O3Si. The van der Waals surface area contributed by atoms with Crippen molar-refractivity contribution >= 4 is 30.6 Å². The number of nitrogens with one attached hydrogen (secondary N) is 1. The van der Waals surface area contributed by atoms with Gasteiger partial charge in [0, 0.05) is 35.4 Å². The molecule has 8 heteroatoms. The van der Waals surface area contributed by atoms with E-state index < -0.39 is 8.32 Å². The van der Waals surface area contributed by atoms with E-state index in [-0.39, 0.29) is 23.1 Å². The van der Waals surface area contributed by atoms with Crippen molar-refractivity contribution in [3.63, 3.8) is 0 Å². The third kappa shape index (κ3) is 4.12. The molecule has 0 saturated carbocycles. The summed E-state index contributed by atoms with van der Waals surface area (Å²) in [5.41, 5.74) is 4.49. The van der Waals surface area contributed by atoms with Crippen LogP contribution in [0.4, 0.5) is 0 Å². The number of ether oxygens (including phenoxy) is 1. The van der Waals surface area contributed by atoms with Crippen LogP contribution in [0.3, 0.4) is 0 Å². The zero-order valence-electron chi connectivity index (χ0n) is 22.5. The highest BCUT2D eigenvalue weighted by atomic mass is 28.4. The van der Waals surface area contributed by atoms with Gasteiger partial charge in [0.25, 0.3) is 5.91 Å². The van der Waals surface area contributed by atoms with Crippen molar-refractivity contribution in [2.45, 2.75) is 71.8 Å². The molecule has 190 valence electrons. The average Bonchev–Trinajstić information content (AvgIpc) is 3.34. The molecule has 3 aromatic heterocycles. The lowest BCUT2D eigenvalue weighted by Gasteiger charge is -2.50. The normalized spacial score (nSPS) is 18.6. The molecular weight excluding hydrogens is 468 g/mol. The van der Waals surface area contributed by atoms with Crippen molar-refractivity contribution in [2.75, 3.05) is 6.54 Å². The van der Waals surface area contributed by atoms with Crippen LogP contribution in [0.5, 0.6) is 11.5 Å².